The summed E-state index contributed by atoms with van der Waals surface area (Å²) in [4.78, 5) is 24.3. The molecule has 2 aromatic carbocycles. The van der Waals surface area contributed by atoms with Crippen LogP contribution in [0.25, 0.3) is 55.4 Å². The fourth-order valence-corrected chi connectivity index (χ4v) is 9.23. The number of aromatic amines is 2. The zero-order valence-electron chi connectivity index (χ0n) is 40.2. The van der Waals surface area contributed by atoms with Crippen molar-refractivity contribution in [3.05, 3.63) is 169 Å². The van der Waals surface area contributed by atoms with Crippen LogP contribution in [0.15, 0.2) is 135 Å². The third kappa shape index (κ3) is 10.9. The minimum absolute atomic E-state index is 0.261. The van der Waals surface area contributed by atoms with Gasteiger partial charge in [0.1, 0.15) is 11.6 Å². The maximum atomic E-state index is 14.0. The van der Waals surface area contributed by atoms with E-state index in [9.17, 15) is 8.78 Å². The van der Waals surface area contributed by atoms with Crippen LogP contribution in [0.1, 0.15) is 74.4 Å². The molecule has 0 aliphatic heterocycles. The minimum Gasteiger partial charge on any atom is -0.385 e. The molecule has 2 unspecified atom stereocenters. The number of pyridine rings is 4. The van der Waals surface area contributed by atoms with E-state index in [1.165, 1.54) is 46.4 Å². The van der Waals surface area contributed by atoms with E-state index >= 15 is 0 Å². The van der Waals surface area contributed by atoms with Crippen LogP contribution in [-0.4, -0.2) is 78.7 Å². The molecular formula is C56H60F2N10O2. The molecule has 8 aromatic heterocycles. The van der Waals surface area contributed by atoms with E-state index in [2.05, 4.69) is 102 Å². The summed E-state index contributed by atoms with van der Waals surface area (Å²) in [5.74, 6) is -0.140. The van der Waals surface area contributed by atoms with Crippen molar-refractivity contribution in [3.8, 4) is 22.3 Å². The molecule has 0 aliphatic carbocycles. The van der Waals surface area contributed by atoms with Crippen LogP contribution in [0, 0.1) is 11.6 Å². The summed E-state index contributed by atoms with van der Waals surface area (Å²) in [6.45, 7) is 10.0. The van der Waals surface area contributed by atoms with Crippen molar-refractivity contribution in [3.63, 3.8) is 0 Å². The number of ether oxygens (including phenoxy) is 2. The van der Waals surface area contributed by atoms with Crippen molar-refractivity contribution in [2.75, 3.05) is 50.7 Å². The molecule has 0 fully saturated rings. The lowest BCUT2D eigenvalue weighted by atomic mass is 10.0. The van der Waals surface area contributed by atoms with Crippen LogP contribution in [0.5, 0.6) is 0 Å². The number of imidazole rings is 2. The largest absolute Gasteiger partial charge is 0.385 e. The molecule has 0 saturated carbocycles. The van der Waals surface area contributed by atoms with Gasteiger partial charge in [-0.1, -0.05) is 50.2 Å². The number of benzene rings is 2. The predicted molar refractivity (Wildman–Crippen MR) is 277 cm³/mol. The average Bonchev–Trinajstić information content (AvgIpc) is 4.20. The Morgan fingerprint density at radius 1 is 0.614 bits per heavy atom. The molecule has 10 rings (SSSR count). The highest BCUT2D eigenvalue weighted by molar-refractivity contribution is 5.84. The predicted octanol–water partition coefficient (Wildman–Crippen LogP) is 12.4. The van der Waals surface area contributed by atoms with Crippen LogP contribution < -0.4 is 10.6 Å². The maximum Gasteiger partial charge on any atom is 0.160 e. The minimum atomic E-state index is -0.354. The SMILES string of the molecule is CCOCCC(C)c1cnc2c(NCCc3c[nH]c4ccccc34)cc(-c3cncc(F)c3)cn12.COCCCC(C)c1cnc2c(NCCc3c[nH]c4ccccc34)cc(-c3cncc(F)c3)cn12. The molecular weight excluding hydrogens is 883 g/mol. The number of nitrogens with one attached hydrogen (secondary N) is 4. The summed E-state index contributed by atoms with van der Waals surface area (Å²) < 4.78 is 43.0. The van der Waals surface area contributed by atoms with Crippen molar-refractivity contribution in [1.29, 1.82) is 0 Å². The van der Waals surface area contributed by atoms with Crippen LogP contribution in [0.3, 0.4) is 0 Å². The summed E-state index contributed by atoms with van der Waals surface area (Å²) in [5.41, 5.74) is 13.8. The highest BCUT2D eigenvalue weighted by Crippen LogP contribution is 2.32. The van der Waals surface area contributed by atoms with Gasteiger partial charge in [0, 0.05) is 151 Å². The van der Waals surface area contributed by atoms with E-state index in [1.54, 1.807) is 19.5 Å². The number of nitrogens with zero attached hydrogens (tertiary/aromatic N) is 6. The second kappa shape index (κ2) is 22.3. The van der Waals surface area contributed by atoms with E-state index < -0.39 is 0 Å². The molecule has 0 saturated heterocycles. The average molecular weight is 943 g/mol. The topological polar surface area (TPSA) is 134 Å². The Hall–Kier alpha value is -7.42. The Balaban J connectivity index is 0.000000174. The first-order valence-electron chi connectivity index (χ1n) is 24.2. The zero-order chi connectivity index (χ0) is 48.4. The second-order valence-electron chi connectivity index (χ2n) is 17.8. The fourth-order valence-electron chi connectivity index (χ4n) is 9.23. The summed E-state index contributed by atoms with van der Waals surface area (Å²) in [7, 11) is 1.73. The van der Waals surface area contributed by atoms with Gasteiger partial charge in [-0.15, -0.1) is 0 Å². The first kappa shape index (κ1) is 47.6. The molecule has 10 aromatic rings. The Morgan fingerprint density at radius 3 is 1.60 bits per heavy atom. The Labute approximate surface area is 406 Å². The van der Waals surface area contributed by atoms with Gasteiger partial charge in [-0.05, 0) is 92.5 Å². The fraction of sp³-hybridized carbons (Fsp3) is 0.286. The number of methoxy groups -OCH3 is 1. The number of anilines is 2. The lowest BCUT2D eigenvalue weighted by Crippen LogP contribution is -2.08. The Morgan fingerprint density at radius 2 is 1.11 bits per heavy atom. The van der Waals surface area contributed by atoms with E-state index in [-0.39, 0.29) is 17.6 Å². The van der Waals surface area contributed by atoms with Gasteiger partial charge < -0.3 is 38.9 Å². The lowest BCUT2D eigenvalue weighted by Gasteiger charge is -2.15. The number of H-pyrrole nitrogens is 2. The van der Waals surface area contributed by atoms with Gasteiger partial charge in [-0.2, -0.15) is 0 Å². The monoisotopic (exact) mass is 942 g/mol. The van der Waals surface area contributed by atoms with Crippen molar-refractivity contribution in [1.82, 2.24) is 38.7 Å². The summed E-state index contributed by atoms with van der Waals surface area (Å²) in [6, 6.07) is 23.8. The summed E-state index contributed by atoms with van der Waals surface area (Å²) in [6.07, 6.45) is 22.5. The third-order valence-electron chi connectivity index (χ3n) is 13.0. The molecule has 4 N–H and O–H groups in total. The maximum absolute atomic E-state index is 14.0. The number of para-hydroxylation sites is 2. The van der Waals surface area contributed by atoms with Gasteiger partial charge in [0.25, 0.3) is 0 Å². The summed E-state index contributed by atoms with van der Waals surface area (Å²) >= 11 is 0. The first-order valence-corrected chi connectivity index (χ1v) is 24.2. The van der Waals surface area contributed by atoms with E-state index in [1.807, 2.05) is 56.0 Å². The number of aromatic nitrogens is 8. The van der Waals surface area contributed by atoms with Gasteiger partial charge >= 0.3 is 0 Å². The number of fused-ring (bicyclic) bond motifs is 4. The number of hydrogen-bond acceptors (Lipinski definition) is 8. The molecule has 360 valence electrons. The molecule has 2 atom stereocenters. The number of halogens is 2. The van der Waals surface area contributed by atoms with Crippen molar-refractivity contribution in [2.24, 2.45) is 0 Å². The third-order valence-corrected chi connectivity index (χ3v) is 13.0. The van der Waals surface area contributed by atoms with Gasteiger partial charge in [0.15, 0.2) is 11.3 Å². The second-order valence-corrected chi connectivity index (χ2v) is 17.8. The summed E-state index contributed by atoms with van der Waals surface area (Å²) in [5, 5.41) is 9.66. The Kier molecular flexibility index (Phi) is 15.2. The standard InChI is InChI=1S/2C28H30FN5O/c1-19(6-5-11-35-2)27-17-33-28-26(13-22(18-34(27)28)21-12-23(29)16-30-14-21)31-10-9-20-15-32-25-8-4-3-7-24(20)25;1-3-35-11-9-19(2)27-17-33-28-26(13-22(18-34(27)28)21-12-23(29)16-30-14-21)31-10-8-20-15-32-25-7-5-4-6-24(20)25/h3-4,7-8,12-19,31-32H,5-6,9-11H2,1-2H3;4-7,12-19,31-32H,3,8-11H2,1-2H3. The highest BCUT2D eigenvalue weighted by atomic mass is 19.1. The first-order chi connectivity index (χ1) is 34.3. The molecule has 0 amide bonds. The molecule has 70 heavy (non-hydrogen) atoms. The van der Waals surface area contributed by atoms with E-state index in [0.29, 0.717) is 19.1 Å². The van der Waals surface area contributed by atoms with Crippen LogP contribution in [-0.2, 0) is 22.3 Å². The number of hydrogen-bond donors (Lipinski definition) is 4. The molecule has 0 bridgehead atoms. The molecule has 0 spiro atoms. The van der Waals surface area contributed by atoms with Crippen LogP contribution in [0.2, 0.25) is 0 Å². The molecule has 12 nitrogen and oxygen atoms in total. The lowest BCUT2D eigenvalue weighted by molar-refractivity contribution is 0.140. The van der Waals surface area contributed by atoms with Crippen molar-refractivity contribution in [2.45, 2.75) is 64.7 Å². The van der Waals surface area contributed by atoms with Gasteiger partial charge in [0.2, 0.25) is 0 Å². The number of rotatable bonds is 20. The van der Waals surface area contributed by atoms with Crippen LogP contribution in [0.4, 0.5) is 20.2 Å². The van der Waals surface area contributed by atoms with Gasteiger partial charge in [0.05, 0.1) is 23.8 Å². The van der Waals surface area contributed by atoms with Gasteiger partial charge in [-0.25, -0.2) is 18.7 Å². The van der Waals surface area contributed by atoms with Crippen LogP contribution >= 0.6 is 0 Å². The Bertz CT molecular complexity index is 3100. The zero-order valence-corrected chi connectivity index (χ0v) is 40.2. The normalized spacial score (nSPS) is 12.4. The molecule has 14 heteroatoms. The van der Waals surface area contributed by atoms with E-state index in [4.69, 9.17) is 19.4 Å². The van der Waals surface area contributed by atoms with E-state index in [0.717, 1.165) is 119 Å². The smallest absolute Gasteiger partial charge is 0.160 e. The highest BCUT2D eigenvalue weighted by Gasteiger charge is 2.18. The molecule has 8 heterocycles. The van der Waals surface area contributed by atoms with Gasteiger partial charge in [-0.3, -0.25) is 9.97 Å². The van der Waals surface area contributed by atoms with Crippen molar-refractivity contribution < 1.29 is 18.3 Å². The molecule has 0 radical (unpaired) electrons. The van der Waals surface area contributed by atoms with Crippen molar-refractivity contribution >= 4 is 44.5 Å². The molecule has 0 aliphatic rings. The quantitative estimate of drug-likeness (QED) is 0.0555.